The molecule has 0 fully saturated rings. The van der Waals surface area contributed by atoms with Gasteiger partial charge in [0.2, 0.25) is 0 Å². The lowest BCUT2D eigenvalue weighted by Crippen LogP contribution is -2.26. The van der Waals surface area contributed by atoms with Crippen LogP contribution in [0.1, 0.15) is 78.9 Å². The Kier molecular flexibility index (Phi) is 6.70. The highest BCUT2D eigenvalue weighted by molar-refractivity contribution is 6.64. The molecule has 0 aliphatic carbocycles. The van der Waals surface area contributed by atoms with Crippen LogP contribution in [0.2, 0.25) is 0 Å². The van der Waals surface area contributed by atoms with Crippen LogP contribution in [0.25, 0.3) is 0 Å². The van der Waals surface area contributed by atoms with Gasteiger partial charge in [-0.3, -0.25) is 4.79 Å². The van der Waals surface area contributed by atoms with E-state index in [9.17, 15) is 4.79 Å². The molecule has 3 heteroatoms. The van der Waals surface area contributed by atoms with Crippen LogP contribution in [-0.4, -0.2) is 11.3 Å². The number of halogens is 1. The van der Waals surface area contributed by atoms with Crippen LogP contribution in [0.4, 0.5) is 0 Å². The van der Waals surface area contributed by atoms with Crippen LogP contribution in [0, 0.1) is 0 Å². The summed E-state index contributed by atoms with van der Waals surface area (Å²) in [6, 6.07) is 6.36. The van der Waals surface area contributed by atoms with Crippen molar-refractivity contribution in [3.05, 3.63) is 29.3 Å². The standard InChI is InChI=1S/C20H31ClO2/c1-8-16(18(21)22)23-17-12-11-14(19(4,5)9-2)13-15(17)20(6,7)10-3/h11-13,16H,8-10H2,1-7H3. The molecule has 1 rings (SSSR count). The van der Waals surface area contributed by atoms with Crippen molar-refractivity contribution in [3.63, 3.8) is 0 Å². The van der Waals surface area contributed by atoms with Gasteiger partial charge < -0.3 is 4.74 Å². The van der Waals surface area contributed by atoms with E-state index in [1.165, 1.54) is 5.56 Å². The lowest BCUT2D eigenvalue weighted by molar-refractivity contribution is -0.118. The van der Waals surface area contributed by atoms with Gasteiger partial charge in [0, 0.05) is 5.56 Å². The van der Waals surface area contributed by atoms with Crippen molar-refractivity contribution in [2.24, 2.45) is 0 Å². The largest absolute Gasteiger partial charge is 0.481 e. The Labute approximate surface area is 146 Å². The van der Waals surface area contributed by atoms with Gasteiger partial charge in [-0.2, -0.15) is 0 Å². The summed E-state index contributed by atoms with van der Waals surface area (Å²) in [5.41, 5.74) is 2.54. The topological polar surface area (TPSA) is 26.3 Å². The van der Waals surface area contributed by atoms with Crippen LogP contribution in [0.3, 0.4) is 0 Å². The van der Waals surface area contributed by atoms with E-state index in [-0.39, 0.29) is 10.8 Å². The second kappa shape index (κ2) is 7.70. The molecule has 0 radical (unpaired) electrons. The smallest absolute Gasteiger partial charge is 0.262 e. The number of hydrogen-bond donors (Lipinski definition) is 0. The third-order valence-electron chi connectivity index (χ3n) is 5.15. The van der Waals surface area contributed by atoms with Gasteiger partial charge in [-0.1, -0.05) is 60.6 Å². The fourth-order valence-corrected chi connectivity index (χ4v) is 2.62. The molecule has 0 aromatic heterocycles. The van der Waals surface area contributed by atoms with Gasteiger partial charge >= 0.3 is 0 Å². The summed E-state index contributed by atoms with van der Waals surface area (Å²) in [6.45, 7) is 15.2. The Morgan fingerprint density at radius 1 is 1.09 bits per heavy atom. The monoisotopic (exact) mass is 338 g/mol. The first-order valence-electron chi connectivity index (χ1n) is 8.60. The summed E-state index contributed by atoms with van der Waals surface area (Å²) < 4.78 is 5.96. The summed E-state index contributed by atoms with van der Waals surface area (Å²) in [5, 5.41) is -0.439. The summed E-state index contributed by atoms with van der Waals surface area (Å²) in [6.07, 6.45) is 2.03. The number of carbonyl (C=O) groups excluding carboxylic acids is 1. The lowest BCUT2D eigenvalue weighted by atomic mass is 9.76. The predicted molar refractivity (Wildman–Crippen MR) is 98.6 cm³/mol. The number of carbonyl (C=O) groups is 1. The third kappa shape index (κ3) is 4.73. The molecule has 1 aromatic carbocycles. The van der Waals surface area contributed by atoms with Crippen LogP contribution >= 0.6 is 11.6 Å². The average Bonchev–Trinajstić information content (AvgIpc) is 2.51. The highest BCUT2D eigenvalue weighted by atomic mass is 35.5. The van der Waals surface area contributed by atoms with Gasteiger partial charge in [0.25, 0.3) is 5.24 Å². The summed E-state index contributed by atoms with van der Waals surface area (Å²) in [4.78, 5) is 11.5. The Balaban J connectivity index is 3.38. The van der Waals surface area contributed by atoms with E-state index in [0.29, 0.717) is 6.42 Å². The molecule has 130 valence electrons. The highest BCUT2D eigenvalue weighted by Crippen LogP contribution is 2.39. The van der Waals surface area contributed by atoms with Gasteiger partial charge in [0.05, 0.1) is 0 Å². The van der Waals surface area contributed by atoms with Gasteiger partial charge in [-0.25, -0.2) is 0 Å². The maximum absolute atomic E-state index is 11.5. The molecule has 0 saturated carbocycles. The number of ether oxygens (including phenoxy) is 1. The fourth-order valence-electron chi connectivity index (χ4n) is 2.42. The van der Waals surface area contributed by atoms with E-state index in [4.69, 9.17) is 16.3 Å². The Morgan fingerprint density at radius 2 is 1.65 bits per heavy atom. The van der Waals surface area contributed by atoms with E-state index in [0.717, 1.165) is 24.2 Å². The van der Waals surface area contributed by atoms with Gasteiger partial charge in [-0.05, 0) is 53.3 Å². The molecule has 0 aliphatic rings. The first kappa shape index (κ1) is 20.0. The normalized spacial score (nSPS) is 13.7. The molecule has 0 spiro atoms. The van der Waals surface area contributed by atoms with Crippen LogP contribution in [0.15, 0.2) is 18.2 Å². The maximum Gasteiger partial charge on any atom is 0.262 e. The van der Waals surface area contributed by atoms with Crippen molar-refractivity contribution in [2.45, 2.75) is 84.7 Å². The van der Waals surface area contributed by atoms with Crippen molar-refractivity contribution in [2.75, 3.05) is 0 Å². The van der Waals surface area contributed by atoms with E-state index in [2.05, 4.69) is 53.7 Å². The van der Waals surface area contributed by atoms with Gasteiger partial charge in [-0.15, -0.1) is 0 Å². The molecule has 0 bridgehead atoms. The second-order valence-electron chi connectivity index (χ2n) is 7.50. The Bertz CT molecular complexity index is 547. The molecule has 2 nitrogen and oxygen atoms in total. The molecule has 1 aromatic rings. The van der Waals surface area contributed by atoms with Crippen molar-refractivity contribution in [1.82, 2.24) is 0 Å². The molecule has 23 heavy (non-hydrogen) atoms. The number of benzene rings is 1. The van der Waals surface area contributed by atoms with Crippen molar-refractivity contribution >= 4 is 16.8 Å². The molecular weight excluding hydrogens is 308 g/mol. The van der Waals surface area contributed by atoms with Crippen molar-refractivity contribution in [3.8, 4) is 5.75 Å². The average molecular weight is 339 g/mol. The van der Waals surface area contributed by atoms with Crippen LogP contribution in [-0.2, 0) is 15.6 Å². The summed E-state index contributed by atoms with van der Waals surface area (Å²) in [7, 11) is 0. The quantitative estimate of drug-likeness (QED) is 0.544. The van der Waals surface area contributed by atoms with Crippen molar-refractivity contribution in [1.29, 1.82) is 0 Å². The predicted octanol–water partition coefficient (Wildman–Crippen LogP) is 5.98. The number of hydrogen-bond acceptors (Lipinski definition) is 2. The molecule has 0 amide bonds. The first-order chi connectivity index (χ1) is 10.6. The minimum absolute atomic E-state index is 0.0250. The third-order valence-corrected chi connectivity index (χ3v) is 5.39. The SMILES string of the molecule is CCC(Oc1ccc(C(C)(C)CC)cc1C(C)(C)CC)C(=O)Cl. The number of rotatable bonds is 8. The molecule has 0 aliphatic heterocycles. The lowest BCUT2D eigenvalue weighted by Gasteiger charge is -2.31. The zero-order valence-electron chi connectivity index (χ0n) is 15.6. The zero-order valence-corrected chi connectivity index (χ0v) is 16.4. The van der Waals surface area contributed by atoms with E-state index >= 15 is 0 Å². The molecule has 1 unspecified atom stereocenters. The van der Waals surface area contributed by atoms with Crippen molar-refractivity contribution < 1.29 is 9.53 Å². The summed E-state index contributed by atoms with van der Waals surface area (Å²) >= 11 is 5.66. The Hall–Kier alpha value is -1.02. The maximum atomic E-state index is 11.5. The van der Waals surface area contributed by atoms with Crippen LogP contribution in [0.5, 0.6) is 5.75 Å². The van der Waals surface area contributed by atoms with Crippen LogP contribution < -0.4 is 4.74 Å². The minimum Gasteiger partial charge on any atom is -0.481 e. The molecule has 1 atom stereocenters. The molecule has 0 N–H and O–H groups in total. The molecular formula is C20H31ClO2. The molecule has 0 saturated heterocycles. The van der Waals surface area contributed by atoms with E-state index in [1.807, 2.05) is 13.0 Å². The minimum atomic E-state index is -0.590. The van der Waals surface area contributed by atoms with Gasteiger partial charge in [0.15, 0.2) is 6.10 Å². The van der Waals surface area contributed by atoms with Gasteiger partial charge in [0.1, 0.15) is 5.75 Å². The molecule has 0 heterocycles. The fraction of sp³-hybridized carbons (Fsp3) is 0.650. The second-order valence-corrected chi connectivity index (χ2v) is 7.88. The van der Waals surface area contributed by atoms with E-state index < -0.39 is 11.3 Å². The highest BCUT2D eigenvalue weighted by Gasteiger charge is 2.28. The first-order valence-corrected chi connectivity index (χ1v) is 8.97. The Morgan fingerprint density at radius 3 is 2.09 bits per heavy atom. The zero-order chi connectivity index (χ0) is 17.8. The summed E-state index contributed by atoms with van der Waals surface area (Å²) in [5.74, 6) is 0.772. The van der Waals surface area contributed by atoms with E-state index in [1.54, 1.807) is 0 Å².